The molecule has 3 N–H and O–H groups in total. The Balaban J connectivity index is 0.000000638. The van der Waals surface area contributed by atoms with E-state index in [0.29, 0.717) is 17.0 Å². The SMILES string of the molecule is Cc1cc([C@@]2(C#N)[C@H](CC(C)(C)C)N[C@@H](C(=O)O)[C@@H]2c2cccc(Cl)c2F)ccc1Cl.O=C(O)C(F)(F)F. The van der Waals surface area contributed by atoms with Gasteiger partial charge in [-0.2, -0.15) is 18.4 Å². The summed E-state index contributed by atoms with van der Waals surface area (Å²) in [6.07, 6.45) is -4.58. The van der Waals surface area contributed by atoms with Crippen LogP contribution in [0, 0.1) is 29.5 Å². The molecule has 206 valence electrons. The number of hydrogen-bond donors (Lipinski definition) is 3. The maximum atomic E-state index is 15.2. The number of aryl methyl sites for hydroxylation is 1. The molecule has 0 aliphatic carbocycles. The molecule has 0 unspecified atom stereocenters. The van der Waals surface area contributed by atoms with Gasteiger partial charge in [0.05, 0.1) is 11.1 Å². The fourth-order valence-corrected chi connectivity index (χ4v) is 4.95. The molecule has 12 heteroatoms. The first-order chi connectivity index (χ1) is 17.4. The molecule has 0 saturated carbocycles. The molecule has 2 aromatic rings. The molecular formula is C26H26Cl2F4N2O4. The molecule has 38 heavy (non-hydrogen) atoms. The van der Waals surface area contributed by atoms with E-state index in [1.54, 1.807) is 24.3 Å². The molecule has 1 aliphatic rings. The number of nitriles is 1. The summed E-state index contributed by atoms with van der Waals surface area (Å²) in [6, 6.07) is 10.4. The van der Waals surface area contributed by atoms with Gasteiger partial charge in [-0.3, -0.25) is 10.1 Å². The smallest absolute Gasteiger partial charge is 0.480 e. The van der Waals surface area contributed by atoms with Crippen LogP contribution >= 0.6 is 23.2 Å². The van der Waals surface area contributed by atoms with Crippen LogP contribution in [-0.2, 0) is 15.0 Å². The summed E-state index contributed by atoms with van der Waals surface area (Å²) in [6.45, 7) is 7.88. The van der Waals surface area contributed by atoms with Gasteiger partial charge in [0.1, 0.15) is 17.3 Å². The van der Waals surface area contributed by atoms with E-state index in [2.05, 4.69) is 11.4 Å². The van der Waals surface area contributed by atoms with Gasteiger partial charge in [-0.15, -0.1) is 0 Å². The van der Waals surface area contributed by atoms with Gasteiger partial charge < -0.3 is 10.2 Å². The first-order valence-electron chi connectivity index (χ1n) is 11.3. The summed E-state index contributed by atoms with van der Waals surface area (Å²) >= 11 is 12.3. The topological polar surface area (TPSA) is 110 Å². The standard InChI is InChI=1S/C24H25Cl2FN2O2.C2HF3O2/c1-13-10-14(8-9-16(13)25)24(12-28)18(11-23(2,3)4)29-21(22(30)31)19(24)15-6-5-7-17(26)20(15)27;3-2(4,5)1(6)7/h5-10,18-19,21,29H,11H2,1-4H3,(H,30,31);(H,6,7)/t18-,19-,21+,24-;/m0./s1. The molecule has 0 amide bonds. The van der Waals surface area contributed by atoms with Gasteiger partial charge in [0, 0.05) is 17.0 Å². The fraction of sp³-hybridized carbons (Fsp3) is 0.423. The number of aliphatic carboxylic acids is 2. The van der Waals surface area contributed by atoms with Gasteiger partial charge in [-0.1, -0.05) is 68.2 Å². The van der Waals surface area contributed by atoms with Gasteiger partial charge >= 0.3 is 18.1 Å². The quantitative estimate of drug-likeness (QED) is 0.359. The van der Waals surface area contributed by atoms with Crippen LogP contribution in [0.5, 0.6) is 0 Å². The molecule has 1 heterocycles. The molecule has 1 fully saturated rings. The zero-order chi connectivity index (χ0) is 29.2. The number of carbonyl (C=O) groups is 2. The lowest BCUT2D eigenvalue weighted by Crippen LogP contribution is -2.44. The van der Waals surface area contributed by atoms with Crippen molar-refractivity contribution in [2.75, 3.05) is 0 Å². The molecule has 0 radical (unpaired) electrons. The summed E-state index contributed by atoms with van der Waals surface area (Å²) in [5.41, 5.74) is -0.0966. The van der Waals surface area contributed by atoms with Crippen LogP contribution < -0.4 is 5.32 Å². The molecule has 0 spiro atoms. The molecule has 0 bridgehead atoms. The maximum absolute atomic E-state index is 15.2. The van der Waals surface area contributed by atoms with Crippen LogP contribution in [0.2, 0.25) is 10.0 Å². The molecule has 0 aromatic heterocycles. The van der Waals surface area contributed by atoms with Gasteiger partial charge in [-0.05, 0) is 47.6 Å². The Morgan fingerprint density at radius 1 is 1.11 bits per heavy atom. The third-order valence-electron chi connectivity index (χ3n) is 6.22. The lowest BCUT2D eigenvalue weighted by molar-refractivity contribution is -0.192. The second kappa shape index (κ2) is 11.5. The van der Waals surface area contributed by atoms with Crippen molar-refractivity contribution in [2.24, 2.45) is 5.41 Å². The van der Waals surface area contributed by atoms with Crippen LogP contribution in [0.4, 0.5) is 17.6 Å². The molecular weight excluding hydrogens is 551 g/mol. The number of benzene rings is 2. The number of carboxylic acid groups (broad SMARTS) is 2. The second-order valence-corrected chi connectivity index (χ2v) is 11.0. The van der Waals surface area contributed by atoms with E-state index < -0.39 is 47.3 Å². The summed E-state index contributed by atoms with van der Waals surface area (Å²) in [5, 5.41) is 31.4. The number of nitrogens with zero attached hydrogens (tertiary/aromatic N) is 1. The van der Waals surface area contributed by atoms with E-state index in [1.807, 2.05) is 27.7 Å². The van der Waals surface area contributed by atoms with Gasteiger partial charge in [-0.25, -0.2) is 9.18 Å². The van der Waals surface area contributed by atoms with Crippen molar-refractivity contribution in [3.05, 3.63) is 69.0 Å². The van der Waals surface area contributed by atoms with Crippen molar-refractivity contribution in [2.45, 2.75) is 63.7 Å². The molecule has 4 atom stereocenters. The van der Waals surface area contributed by atoms with E-state index in [9.17, 15) is 28.3 Å². The molecule has 1 saturated heterocycles. The van der Waals surface area contributed by atoms with Gasteiger partial charge in [0.25, 0.3) is 0 Å². The predicted octanol–water partition coefficient (Wildman–Crippen LogP) is 6.48. The third-order valence-corrected chi connectivity index (χ3v) is 6.93. The first-order valence-corrected chi connectivity index (χ1v) is 12.0. The number of carboxylic acids is 2. The Morgan fingerprint density at radius 2 is 1.68 bits per heavy atom. The van der Waals surface area contributed by atoms with Crippen molar-refractivity contribution in [3.63, 3.8) is 0 Å². The van der Waals surface area contributed by atoms with E-state index in [-0.39, 0.29) is 16.0 Å². The van der Waals surface area contributed by atoms with E-state index in [1.165, 1.54) is 12.1 Å². The molecule has 3 rings (SSSR count). The zero-order valence-corrected chi connectivity index (χ0v) is 22.3. The average Bonchev–Trinajstić information content (AvgIpc) is 3.10. The van der Waals surface area contributed by atoms with Crippen LogP contribution in [-0.4, -0.2) is 40.4 Å². The van der Waals surface area contributed by atoms with Crippen LogP contribution in [0.3, 0.4) is 0 Å². The Kier molecular flexibility index (Phi) is 9.47. The normalized spacial score (nSPS) is 23.2. The number of hydrogen-bond acceptors (Lipinski definition) is 4. The maximum Gasteiger partial charge on any atom is 0.490 e. The summed E-state index contributed by atoms with van der Waals surface area (Å²) < 4.78 is 46.9. The number of halogens is 6. The zero-order valence-electron chi connectivity index (χ0n) is 20.8. The van der Waals surface area contributed by atoms with E-state index in [4.69, 9.17) is 33.1 Å². The predicted molar refractivity (Wildman–Crippen MR) is 134 cm³/mol. The van der Waals surface area contributed by atoms with Crippen molar-refractivity contribution < 1.29 is 37.4 Å². The minimum absolute atomic E-state index is 0.109. The second-order valence-electron chi connectivity index (χ2n) is 10.2. The van der Waals surface area contributed by atoms with E-state index in [0.717, 1.165) is 5.56 Å². The summed E-state index contributed by atoms with van der Waals surface area (Å²) in [7, 11) is 0. The highest BCUT2D eigenvalue weighted by Crippen LogP contribution is 2.52. The molecule has 2 aromatic carbocycles. The highest BCUT2D eigenvalue weighted by atomic mass is 35.5. The third kappa shape index (κ3) is 6.57. The van der Waals surface area contributed by atoms with Gasteiger partial charge in [0.2, 0.25) is 0 Å². The minimum atomic E-state index is -5.08. The number of rotatable bonds is 4. The Hall–Kier alpha value is -2.87. The molecule has 1 aliphatic heterocycles. The number of nitrogens with one attached hydrogen (secondary N) is 1. The van der Waals surface area contributed by atoms with Crippen molar-refractivity contribution >= 4 is 35.1 Å². The Bertz CT molecular complexity index is 1260. The van der Waals surface area contributed by atoms with Crippen LogP contribution in [0.1, 0.15) is 49.8 Å². The van der Waals surface area contributed by atoms with E-state index >= 15 is 4.39 Å². The lowest BCUT2D eigenvalue weighted by Gasteiger charge is -2.37. The largest absolute Gasteiger partial charge is 0.490 e. The number of alkyl halides is 3. The Morgan fingerprint density at radius 3 is 2.13 bits per heavy atom. The molecule has 6 nitrogen and oxygen atoms in total. The lowest BCUT2D eigenvalue weighted by atomic mass is 9.62. The van der Waals surface area contributed by atoms with Crippen LogP contribution in [0.25, 0.3) is 0 Å². The Labute approximate surface area is 227 Å². The monoisotopic (exact) mass is 576 g/mol. The summed E-state index contributed by atoms with van der Waals surface area (Å²) in [5.74, 6) is -5.61. The summed E-state index contributed by atoms with van der Waals surface area (Å²) in [4.78, 5) is 21.2. The fourth-order valence-electron chi connectivity index (χ4n) is 4.65. The highest BCUT2D eigenvalue weighted by molar-refractivity contribution is 6.31. The average molecular weight is 577 g/mol. The van der Waals surface area contributed by atoms with Gasteiger partial charge in [0.15, 0.2) is 0 Å². The van der Waals surface area contributed by atoms with Crippen LogP contribution in [0.15, 0.2) is 36.4 Å². The van der Waals surface area contributed by atoms with Crippen molar-refractivity contribution in [1.29, 1.82) is 5.26 Å². The highest BCUT2D eigenvalue weighted by Gasteiger charge is 2.60. The first kappa shape index (κ1) is 31.3. The minimum Gasteiger partial charge on any atom is -0.480 e. The van der Waals surface area contributed by atoms with Crippen molar-refractivity contribution in [1.82, 2.24) is 5.32 Å². The van der Waals surface area contributed by atoms with Crippen molar-refractivity contribution in [3.8, 4) is 6.07 Å².